The topological polar surface area (TPSA) is 75.1 Å². The maximum atomic E-state index is 5.61. The average molecular weight is 514 g/mol. The van der Waals surface area contributed by atoms with Crippen molar-refractivity contribution < 1.29 is 4.74 Å². The molecule has 0 radical (unpaired) electrons. The molecular weight excluding hydrogens is 474 g/mol. The number of nitrogens with one attached hydrogen (secondary N) is 1. The maximum Gasteiger partial charge on any atom is 0.137 e. The van der Waals surface area contributed by atoms with E-state index in [4.69, 9.17) is 19.8 Å². The van der Waals surface area contributed by atoms with Crippen molar-refractivity contribution >= 4 is 11.0 Å². The number of rotatable bonds is 7. The second-order valence-corrected chi connectivity index (χ2v) is 11.1. The molecule has 200 valence electrons. The molecule has 2 saturated heterocycles. The number of hydrogen-bond acceptors (Lipinski definition) is 6. The fraction of sp³-hybridized carbons (Fsp3) is 0.500. The molecule has 4 aromatic heterocycles. The molecule has 4 aromatic rings. The van der Waals surface area contributed by atoms with E-state index in [0.29, 0.717) is 12.0 Å². The van der Waals surface area contributed by atoms with Crippen LogP contribution < -0.4 is 0 Å². The average Bonchev–Trinajstić information content (AvgIpc) is 3.60. The minimum absolute atomic E-state index is 0.471. The van der Waals surface area contributed by atoms with Gasteiger partial charge in [0.05, 0.1) is 23.6 Å². The van der Waals surface area contributed by atoms with Gasteiger partial charge in [-0.05, 0) is 69.9 Å². The van der Waals surface area contributed by atoms with Crippen LogP contribution in [0, 0.1) is 0 Å². The summed E-state index contributed by atoms with van der Waals surface area (Å²) in [5, 5.41) is 5.87. The number of nitrogens with zero attached hydrogens (tertiary/aromatic N) is 6. The number of ether oxygens (including phenoxy) is 1. The molecule has 0 aromatic carbocycles. The molecule has 0 aliphatic carbocycles. The van der Waals surface area contributed by atoms with Gasteiger partial charge < -0.3 is 19.5 Å². The lowest BCUT2D eigenvalue weighted by Crippen LogP contribution is -2.34. The van der Waals surface area contributed by atoms with E-state index in [2.05, 4.69) is 71.1 Å². The lowest BCUT2D eigenvalue weighted by atomic mass is 9.90. The van der Waals surface area contributed by atoms with Gasteiger partial charge in [-0.3, -0.25) is 9.67 Å². The van der Waals surface area contributed by atoms with Gasteiger partial charge in [-0.25, -0.2) is 4.98 Å². The van der Waals surface area contributed by atoms with E-state index in [0.717, 1.165) is 104 Å². The number of likely N-dealkylation sites (tertiary alicyclic amines) is 1. The molecule has 0 bridgehead atoms. The molecule has 0 spiro atoms. The van der Waals surface area contributed by atoms with Gasteiger partial charge >= 0.3 is 0 Å². The summed E-state index contributed by atoms with van der Waals surface area (Å²) in [6, 6.07) is 7.15. The SMILES string of the molecule is CCN1CCC(n2cc(-c3c[nH]c4ncc(-c5ccc(C6CCOCC6)c(CN(C)C)n5)cc34)cn2)CC1. The Bertz CT molecular complexity index is 1380. The van der Waals surface area contributed by atoms with Gasteiger partial charge in [0.15, 0.2) is 0 Å². The fourth-order valence-corrected chi connectivity index (χ4v) is 6.04. The molecule has 2 aliphatic rings. The van der Waals surface area contributed by atoms with Crippen LogP contribution in [0.5, 0.6) is 0 Å². The number of H-pyrrole nitrogens is 1. The van der Waals surface area contributed by atoms with Crippen LogP contribution in [0.25, 0.3) is 33.4 Å². The zero-order valence-corrected chi connectivity index (χ0v) is 22.9. The highest BCUT2D eigenvalue weighted by Crippen LogP contribution is 2.34. The van der Waals surface area contributed by atoms with Gasteiger partial charge in [-0.2, -0.15) is 5.10 Å². The van der Waals surface area contributed by atoms with Crippen LogP contribution in [0.15, 0.2) is 43.0 Å². The number of fused-ring (bicyclic) bond motifs is 1. The Balaban J connectivity index is 1.30. The lowest BCUT2D eigenvalue weighted by molar-refractivity contribution is 0.0849. The van der Waals surface area contributed by atoms with Crippen LogP contribution in [0.1, 0.15) is 55.8 Å². The van der Waals surface area contributed by atoms with Crippen molar-refractivity contribution in [2.45, 2.75) is 51.1 Å². The minimum Gasteiger partial charge on any atom is -0.381 e. The second kappa shape index (κ2) is 11.0. The summed E-state index contributed by atoms with van der Waals surface area (Å²) in [5.74, 6) is 0.517. The summed E-state index contributed by atoms with van der Waals surface area (Å²) < 4.78 is 7.78. The molecule has 2 aliphatic heterocycles. The molecule has 2 fully saturated rings. The van der Waals surface area contributed by atoms with Crippen molar-refractivity contribution in [3.05, 3.63) is 54.2 Å². The van der Waals surface area contributed by atoms with Gasteiger partial charge in [-0.15, -0.1) is 0 Å². The normalized spacial score (nSPS) is 18.1. The van der Waals surface area contributed by atoms with Crippen molar-refractivity contribution in [2.75, 3.05) is 46.9 Å². The molecular formula is C30H39N7O. The van der Waals surface area contributed by atoms with Crippen LogP contribution >= 0.6 is 0 Å². The molecule has 6 heterocycles. The van der Waals surface area contributed by atoms with Crippen molar-refractivity contribution in [2.24, 2.45) is 0 Å². The van der Waals surface area contributed by atoms with E-state index in [1.54, 1.807) is 0 Å². The third-order valence-corrected chi connectivity index (χ3v) is 8.25. The summed E-state index contributed by atoms with van der Waals surface area (Å²) in [6.07, 6.45) is 12.6. The Morgan fingerprint density at radius 3 is 2.63 bits per heavy atom. The molecule has 0 atom stereocenters. The van der Waals surface area contributed by atoms with Crippen LogP contribution in [-0.2, 0) is 11.3 Å². The highest BCUT2D eigenvalue weighted by molar-refractivity contribution is 5.95. The molecule has 0 saturated carbocycles. The molecule has 1 N–H and O–H groups in total. The first kappa shape index (κ1) is 25.2. The fourth-order valence-electron chi connectivity index (χ4n) is 6.04. The Kier molecular flexibility index (Phi) is 7.28. The summed E-state index contributed by atoms with van der Waals surface area (Å²) in [6.45, 7) is 8.15. The highest BCUT2D eigenvalue weighted by Gasteiger charge is 2.22. The number of piperidine rings is 1. The molecule has 8 heteroatoms. The molecule has 38 heavy (non-hydrogen) atoms. The van der Waals surface area contributed by atoms with Crippen LogP contribution in [0.3, 0.4) is 0 Å². The summed E-state index contributed by atoms with van der Waals surface area (Å²) in [4.78, 5) is 18.0. The predicted octanol–water partition coefficient (Wildman–Crippen LogP) is 5.10. The lowest BCUT2D eigenvalue weighted by Gasteiger charge is -2.31. The van der Waals surface area contributed by atoms with Crippen molar-refractivity contribution in [1.82, 2.24) is 34.5 Å². The summed E-state index contributed by atoms with van der Waals surface area (Å²) in [7, 11) is 4.21. The van der Waals surface area contributed by atoms with Crippen molar-refractivity contribution in [3.63, 3.8) is 0 Å². The summed E-state index contributed by atoms with van der Waals surface area (Å²) >= 11 is 0. The standard InChI is InChI=1S/C30H39N7O/c1-4-36-11-7-24(8-12-36)37-19-23(17-33-37)27-18-32-30-26(27)15-22(16-31-30)28-6-5-25(21-9-13-38-14-10-21)29(34-28)20-35(2)3/h5-6,15-19,21,24H,4,7-14,20H2,1-3H3,(H,31,32). The monoisotopic (exact) mass is 513 g/mol. The first-order chi connectivity index (χ1) is 18.6. The number of hydrogen-bond donors (Lipinski definition) is 1. The Labute approximate surface area is 225 Å². The predicted molar refractivity (Wildman–Crippen MR) is 151 cm³/mol. The van der Waals surface area contributed by atoms with E-state index in [1.807, 2.05) is 12.4 Å². The van der Waals surface area contributed by atoms with E-state index in [1.165, 1.54) is 5.56 Å². The summed E-state index contributed by atoms with van der Waals surface area (Å²) in [5.41, 5.74) is 7.68. The second-order valence-electron chi connectivity index (χ2n) is 11.1. The van der Waals surface area contributed by atoms with E-state index < -0.39 is 0 Å². The highest BCUT2D eigenvalue weighted by atomic mass is 16.5. The smallest absolute Gasteiger partial charge is 0.137 e. The number of aromatic nitrogens is 5. The Morgan fingerprint density at radius 1 is 1.05 bits per heavy atom. The molecule has 6 rings (SSSR count). The zero-order chi connectivity index (χ0) is 26.1. The third kappa shape index (κ3) is 5.13. The van der Waals surface area contributed by atoms with Crippen molar-refractivity contribution in [3.8, 4) is 22.4 Å². The van der Waals surface area contributed by atoms with E-state index in [9.17, 15) is 0 Å². The molecule has 0 unspecified atom stereocenters. The van der Waals surface area contributed by atoms with Gasteiger partial charge in [0.1, 0.15) is 5.65 Å². The Morgan fingerprint density at radius 2 is 1.87 bits per heavy atom. The zero-order valence-electron chi connectivity index (χ0n) is 22.9. The van der Waals surface area contributed by atoms with Crippen LogP contribution in [0.4, 0.5) is 0 Å². The van der Waals surface area contributed by atoms with E-state index in [-0.39, 0.29) is 0 Å². The van der Waals surface area contributed by atoms with Gasteiger partial charge in [0.2, 0.25) is 0 Å². The third-order valence-electron chi connectivity index (χ3n) is 8.25. The Hall–Kier alpha value is -3.07. The largest absolute Gasteiger partial charge is 0.381 e. The van der Waals surface area contributed by atoms with Crippen molar-refractivity contribution in [1.29, 1.82) is 0 Å². The van der Waals surface area contributed by atoms with Crippen LogP contribution in [-0.4, -0.2) is 81.5 Å². The van der Waals surface area contributed by atoms with Gasteiger partial charge in [0.25, 0.3) is 0 Å². The number of aromatic amines is 1. The maximum absolute atomic E-state index is 5.61. The van der Waals surface area contributed by atoms with Crippen LogP contribution in [0.2, 0.25) is 0 Å². The van der Waals surface area contributed by atoms with Gasteiger partial charge in [0, 0.05) is 73.5 Å². The number of pyridine rings is 2. The quantitative estimate of drug-likeness (QED) is 0.371. The molecule has 0 amide bonds. The van der Waals surface area contributed by atoms with E-state index >= 15 is 0 Å². The minimum atomic E-state index is 0.471. The van der Waals surface area contributed by atoms with Gasteiger partial charge in [-0.1, -0.05) is 13.0 Å². The first-order valence-electron chi connectivity index (χ1n) is 14.1. The molecule has 8 nitrogen and oxygen atoms in total. The first-order valence-corrected chi connectivity index (χ1v) is 14.1.